The van der Waals surface area contributed by atoms with Crippen molar-refractivity contribution in [3.05, 3.63) is 114 Å². The molecule has 0 aliphatic carbocycles. The standard InChI is InChI=1S/C41H46N6O5/c1-29(12-5-8-21-44-27-36(42-43-44)34(28-48)31-14-3-2-4-15-31)41(52)35-25-33(46-23-10-7-18-39(46)50)19-20-37(35)47(40(41)51)26-30-13-11-16-32(24-30)45-22-9-6-17-38(45)49/h2-5,11-16,19-20,24-25,27,29,34,48,52H,6-10,17-18,21-23,26,28H2,1H3/b12-5+/t29-,34?,41+/m0/s1. The SMILES string of the molecule is C[C@@H](/C=C/CCn1cc(C(CO)c2ccccc2)nn1)[C@]1(O)C(=O)N(Cc2cccc(N3CCCCC3=O)c2)c2ccc(N3CCCCC3=O)cc21. The monoisotopic (exact) mass is 702 g/mol. The van der Waals surface area contributed by atoms with Crippen LogP contribution in [0, 0.1) is 5.92 Å². The van der Waals surface area contributed by atoms with Gasteiger partial charge >= 0.3 is 0 Å². The highest BCUT2D eigenvalue weighted by atomic mass is 16.3. The number of anilines is 3. The number of piperidine rings is 2. The van der Waals surface area contributed by atoms with Crippen molar-refractivity contribution in [1.82, 2.24) is 15.0 Å². The Kier molecular flexibility index (Phi) is 10.3. The van der Waals surface area contributed by atoms with Gasteiger partial charge in [-0.15, -0.1) is 5.10 Å². The minimum atomic E-state index is -1.87. The molecule has 0 spiro atoms. The number of rotatable bonds is 12. The molecule has 7 rings (SSSR count). The highest BCUT2D eigenvalue weighted by Crippen LogP contribution is 2.47. The maximum absolute atomic E-state index is 14.4. The second-order valence-electron chi connectivity index (χ2n) is 14.1. The van der Waals surface area contributed by atoms with Crippen LogP contribution in [0.2, 0.25) is 0 Å². The van der Waals surface area contributed by atoms with Crippen LogP contribution >= 0.6 is 0 Å². The first kappa shape index (κ1) is 35.3. The van der Waals surface area contributed by atoms with Gasteiger partial charge in [0.25, 0.3) is 5.91 Å². The number of aliphatic hydroxyl groups is 2. The van der Waals surface area contributed by atoms with Crippen LogP contribution in [0.5, 0.6) is 0 Å². The highest BCUT2D eigenvalue weighted by Gasteiger charge is 2.52. The van der Waals surface area contributed by atoms with Crippen LogP contribution in [0.4, 0.5) is 17.1 Å². The lowest BCUT2D eigenvalue weighted by molar-refractivity contribution is -0.139. The number of benzene rings is 3. The zero-order valence-corrected chi connectivity index (χ0v) is 29.6. The molecule has 3 aromatic carbocycles. The predicted octanol–water partition coefficient (Wildman–Crippen LogP) is 5.45. The van der Waals surface area contributed by atoms with Gasteiger partial charge in [-0.05, 0) is 73.6 Å². The van der Waals surface area contributed by atoms with Crippen molar-refractivity contribution in [3.63, 3.8) is 0 Å². The number of hydrogen-bond donors (Lipinski definition) is 2. The van der Waals surface area contributed by atoms with E-state index in [0.717, 1.165) is 42.5 Å². The predicted molar refractivity (Wildman–Crippen MR) is 199 cm³/mol. The first-order chi connectivity index (χ1) is 25.3. The van der Waals surface area contributed by atoms with Gasteiger partial charge < -0.3 is 24.9 Å². The van der Waals surface area contributed by atoms with Crippen LogP contribution < -0.4 is 14.7 Å². The average Bonchev–Trinajstić information content (AvgIpc) is 3.72. The molecule has 11 heteroatoms. The summed E-state index contributed by atoms with van der Waals surface area (Å²) in [4.78, 5) is 45.2. The molecule has 2 saturated heterocycles. The lowest BCUT2D eigenvalue weighted by atomic mass is 9.82. The number of aliphatic hydroxyl groups excluding tert-OH is 1. The van der Waals surface area contributed by atoms with Crippen LogP contribution in [-0.2, 0) is 33.1 Å². The molecule has 2 fully saturated rings. The van der Waals surface area contributed by atoms with Crippen LogP contribution in [0.25, 0.3) is 0 Å². The summed E-state index contributed by atoms with van der Waals surface area (Å²) in [5.41, 5.74) is 3.20. The van der Waals surface area contributed by atoms with E-state index < -0.39 is 17.4 Å². The molecule has 0 bridgehead atoms. The zero-order chi connectivity index (χ0) is 36.2. The fourth-order valence-corrected chi connectivity index (χ4v) is 7.71. The van der Waals surface area contributed by atoms with E-state index in [-0.39, 0.29) is 30.9 Å². The molecule has 52 heavy (non-hydrogen) atoms. The van der Waals surface area contributed by atoms with Gasteiger partial charge in [0.05, 0.1) is 30.5 Å². The van der Waals surface area contributed by atoms with E-state index in [1.54, 1.807) is 14.5 Å². The third-order valence-corrected chi connectivity index (χ3v) is 10.7. The Labute approximate surface area is 304 Å². The lowest BCUT2D eigenvalue weighted by Crippen LogP contribution is -2.44. The molecule has 2 N–H and O–H groups in total. The minimum Gasteiger partial charge on any atom is -0.395 e. The molecule has 1 unspecified atom stereocenters. The van der Waals surface area contributed by atoms with Crippen molar-refractivity contribution >= 4 is 34.8 Å². The molecule has 4 aromatic rings. The summed E-state index contributed by atoms with van der Waals surface area (Å²) in [6.07, 6.45) is 10.8. The Hall–Kier alpha value is -5.13. The summed E-state index contributed by atoms with van der Waals surface area (Å²) in [6, 6.07) is 22.9. The van der Waals surface area contributed by atoms with Gasteiger partial charge in [-0.1, -0.05) is 66.8 Å². The largest absolute Gasteiger partial charge is 0.395 e. The summed E-state index contributed by atoms with van der Waals surface area (Å²) in [7, 11) is 0. The van der Waals surface area contributed by atoms with E-state index in [9.17, 15) is 24.6 Å². The molecular weight excluding hydrogens is 656 g/mol. The van der Waals surface area contributed by atoms with E-state index in [2.05, 4.69) is 10.3 Å². The van der Waals surface area contributed by atoms with E-state index >= 15 is 0 Å². The molecule has 0 saturated carbocycles. The Bertz CT molecular complexity index is 1960. The number of aryl methyl sites for hydroxylation is 1. The quantitative estimate of drug-likeness (QED) is 0.188. The van der Waals surface area contributed by atoms with E-state index in [4.69, 9.17) is 0 Å². The van der Waals surface area contributed by atoms with Crippen LogP contribution in [-0.4, -0.2) is 62.6 Å². The minimum absolute atomic E-state index is 0.0401. The molecule has 3 aliphatic rings. The molecule has 3 aliphatic heterocycles. The van der Waals surface area contributed by atoms with Gasteiger partial charge in [0.1, 0.15) is 0 Å². The van der Waals surface area contributed by atoms with Crippen LogP contribution in [0.3, 0.4) is 0 Å². The summed E-state index contributed by atoms with van der Waals surface area (Å²) >= 11 is 0. The van der Waals surface area contributed by atoms with Crippen molar-refractivity contribution in [2.75, 3.05) is 34.4 Å². The molecule has 3 atom stereocenters. The normalized spacial score (nSPS) is 20.5. The van der Waals surface area contributed by atoms with Gasteiger partial charge in [0.2, 0.25) is 11.8 Å². The topological polar surface area (TPSA) is 132 Å². The third kappa shape index (κ3) is 6.90. The fraction of sp³-hybridized carbons (Fsp3) is 0.390. The van der Waals surface area contributed by atoms with Crippen LogP contribution in [0.1, 0.15) is 80.2 Å². The summed E-state index contributed by atoms with van der Waals surface area (Å²) in [5.74, 6) is -1.16. The van der Waals surface area contributed by atoms with E-state index in [1.807, 2.05) is 103 Å². The number of nitrogens with zero attached hydrogens (tertiary/aromatic N) is 6. The molecule has 1 aromatic heterocycles. The zero-order valence-electron chi connectivity index (χ0n) is 29.6. The first-order valence-electron chi connectivity index (χ1n) is 18.4. The second-order valence-corrected chi connectivity index (χ2v) is 14.1. The Morgan fingerprint density at radius 2 is 1.58 bits per heavy atom. The summed E-state index contributed by atoms with van der Waals surface area (Å²) in [5, 5.41) is 31.1. The number of aromatic nitrogens is 3. The number of allylic oxidation sites excluding steroid dienone is 1. The van der Waals surface area contributed by atoms with Crippen molar-refractivity contribution in [1.29, 1.82) is 0 Å². The fourth-order valence-electron chi connectivity index (χ4n) is 7.71. The van der Waals surface area contributed by atoms with Gasteiger partial charge in [0, 0.05) is 61.5 Å². The molecule has 3 amide bonds. The van der Waals surface area contributed by atoms with E-state index in [0.29, 0.717) is 61.5 Å². The van der Waals surface area contributed by atoms with Gasteiger partial charge in [-0.3, -0.25) is 19.1 Å². The van der Waals surface area contributed by atoms with Gasteiger partial charge in [-0.25, -0.2) is 0 Å². The number of fused-ring (bicyclic) bond motifs is 1. The first-order valence-corrected chi connectivity index (χ1v) is 18.4. The number of amides is 3. The molecular formula is C41H46N6O5. The Morgan fingerprint density at radius 1 is 0.865 bits per heavy atom. The van der Waals surface area contributed by atoms with Crippen molar-refractivity contribution in [3.8, 4) is 0 Å². The third-order valence-electron chi connectivity index (χ3n) is 10.7. The molecule has 4 heterocycles. The van der Waals surface area contributed by atoms with Crippen molar-refractivity contribution in [2.24, 2.45) is 5.92 Å². The summed E-state index contributed by atoms with van der Waals surface area (Å²) < 4.78 is 1.73. The average molecular weight is 703 g/mol. The molecule has 0 radical (unpaired) electrons. The van der Waals surface area contributed by atoms with E-state index in [1.165, 1.54) is 0 Å². The smallest absolute Gasteiger partial charge is 0.264 e. The summed E-state index contributed by atoms with van der Waals surface area (Å²) in [6.45, 7) is 3.76. The maximum Gasteiger partial charge on any atom is 0.264 e. The van der Waals surface area contributed by atoms with Crippen molar-refractivity contribution in [2.45, 2.75) is 76.5 Å². The Balaban J connectivity index is 1.12. The number of hydrogen-bond acceptors (Lipinski definition) is 7. The van der Waals surface area contributed by atoms with Gasteiger partial charge in [0.15, 0.2) is 5.60 Å². The second kappa shape index (κ2) is 15.2. The van der Waals surface area contributed by atoms with Crippen molar-refractivity contribution < 1.29 is 24.6 Å². The number of carbonyl (C=O) groups is 3. The molecule has 270 valence electrons. The lowest BCUT2D eigenvalue weighted by Gasteiger charge is -2.30. The van der Waals surface area contributed by atoms with Gasteiger partial charge in [-0.2, -0.15) is 0 Å². The maximum atomic E-state index is 14.4. The van der Waals surface area contributed by atoms with Crippen LogP contribution in [0.15, 0.2) is 91.1 Å². The number of carbonyl (C=O) groups excluding carboxylic acids is 3. The molecule has 11 nitrogen and oxygen atoms in total. The highest BCUT2D eigenvalue weighted by molar-refractivity contribution is 6.08. The Morgan fingerprint density at radius 3 is 2.27 bits per heavy atom.